The highest BCUT2D eigenvalue weighted by atomic mass is 127. The zero-order chi connectivity index (χ0) is 19.0. The summed E-state index contributed by atoms with van der Waals surface area (Å²) < 4.78 is 1.81. The fourth-order valence-corrected chi connectivity index (χ4v) is 4.60. The minimum atomic E-state index is -0.103. The molecule has 2 amide bonds. The number of likely N-dealkylation sites (tertiary alicyclic amines) is 1. The molecule has 0 radical (unpaired) electrons. The molecule has 1 aromatic rings. The van der Waals surface area contributed by atoms with Gasteiger partial charge in [-0.05, 0) is 30.7 Å². The van der Waals surface area contributed by atoms with Gasteiger partial charge in [-0.1, -0.05) is 12.2 Å². The molecule has 2 aliphatic carbocycles. The smallest absolute Gasteiger partial charge is 0.233 e. The van der Waals surface area contributed by atoms with Gasteiger partial charge < -0.3 is 10.6 Å². The summed E-state index contributed by atoms with van der Waals surface area (Å²) in [7, 11) is 3.62. The van der Waals surface area contributed by atoms with E-state index in [0.717, 1.165) is 12.1 Å². The average Bonchev–Trinajstić information content (AvgIpc) is 3.42. The van der Waals surface area contributed by atoms with Crippen molar-refractivity contribution in [3.8, 4) is 0 Å². The van der Waals surface area contributed by atoms with Crippen molar-refractivity contribution in [3.63, 3.8) is 0 Å². The molecule has 28 heavy (non-hydrogen) atoms. The Kier molecular flexibility index (Phi) is 6.41. The van der Waals surface area contributed by atoms with Gasteiger partial charge in [0.1, 0.15) is 0 Å². The van der Waals surface area contributed by atoms with Crippen LogP contribution >= 0.6 is 24.0 Å². The number of hydrogen-bond acceptors (Lipinski definition) is 4. The standard InChI is InChI=1S/C19H26N6O2.HI/c1-20-19(22-11-14-6-8-23-24(14)2)21-7-3-9-25-17(26)15-12-4-5-13(10-12)16(15)18(25)27;/h4-6,8,12-13,15-16H,3,7,9-11H2,1-2H3,(H2,20,21,22);1H. The zero-order valence-corrected chi connectivity index (χ0v) is 18.5. The van der Waals surface area contributed by atoms with Gasteiger partial charge in [0.25, 0.3) is 0 Å². The number of hydrogen-bond donors (Lipinski definition) is 2. The molecule has 0 aromatic carbocycles. The maximum atomic E-state index is 12.6. The van der Waals surface area contributed by atoms with Crippen LogP contribution in [-0.2, 0) is 23.2 Å². The molecule has 8 nitrogen and oxygen atoms in total. The molecule has 4 atom stereocenters. The van der Waals surface area contributed by atoms with E-state index < -0.39 is 0 Å². The van der Waals surface area contributed by atoms with Crippen LogP contribution in [0.1, 0.15) is 18.5 Å². The molecular formula is C19H27IN6O2. The lowest BCUT2D eigenvalue weighted by atomic mass is 9.85. The van der Waals surface area contributed by atoms with Crippen LogP contribution in [0.3, 0.4) is 0 Å². The highest BCUT2D eigenvalue weighted by Crippen LogP contribution is 2.52. The van der Waals surface area contributed by atoms with Gasteiger partial charge in [-0.2, -0.15) is 5.10 Å². The van der Waals surface area contributed by atoms with Crippen molar-refractivity contribution in [2.24, 2.45) is 35.7 Å². The number of aliphatic imine (C=N–C) groups is 1. The van der Waals surface area contributed by atoms with E-state index in [2.05, 4.69) is 32.9 Å². The van der Waals surface area contributed by atoms with E-state index in [1.165, 1.54) is 4.90 Å². The zero-order valence-electron chi connectivity index (χ0n) is 16.2. The quantitative estimate of drug-likeness (QED) is 0.152. The summed E-state index contributed by atoms with van der Waals surface area (Å²) in [6.07, 6.45) is 7.68. The molecule has 1 saturated heterocycles. The third kappa shape index (κ3) is 3.68. The summed E-state index contributed by atoms with van der Waals surface area (Å²) in [6.45, 7) is 1.73. The van der Waals surface area contributed by atoms with Crippen molar-refractivity contribution in [1.82, 2.24) is 25.3 Å². The van der Waals surface area contributed by atoms with E-state index in [4.69, 9.17) is 0 Å². The lowest BCUT2D eigenvalue weighted by Gasteiger charge is -2.18. The van der Waals surface area contributed by atoms with E-state index in [0.29, 0.717) is 32.0 Å². The topological polar surface area (TPSA) is 91.6 Å². The van der Waals surface area contributed by atoms with E-state index in [1.807, 2.05) is 17.8 Å². The number of aryl methyl sites for hydroxylation is 1. The van der Waals surface area contributed by atoms with Gasteiger partial charge in [-0.25, -0.2) is 0 Å². The number of imide groups is 1. The molecule has 152 valence electrons. The Morgan fingerprint density at radius 1 is 1.21 bits per heavy atom. The van der Waals surface area contributed by atoms with Gasteiger partial charge in [0.2, 0.25) is 11.8 Å². The average molecular weight is 498 g/mol. The summed E-state index contributed by atoms with van der Waals surface area (Å²) in [4.78, 5) is 31.0. The van der Waals surface area contributed by atoms with Gasteiger partial charge in [0.05, 0.1) is 24.1 Å². The monoisotopic (exact) mass is 498 g/mol. The Balaban J connectivity index is 0.00000225. The lowest BCUT2D eigenvalue weighted by molar-refractivity contribution is -0.140. The molecule has 4 rings (SSSR count). The van der Waals surface area contributed by atoms with Gasteiger partial charge in [-0.15, -0.1) is 24.0 Å². The third-order valence-electron chi connectivity index (χ3n) is 6.00. The normalized spacial score (nSPS) is 27.9. The number of carbonyl (C=O) groups excluding carboxylic acids is 2. The molecule has 2 N–H and O–H groups in total. The number of allylic oxidation sites excluding steroid dienone is 2. The molecule has 0 spiro atoms. The molecule has 9 heteroatoms. The summed E-state index contributed by atoms with van der Waals surface area (Å²) in [5.41, 5.74) is 1.06. The first-order valence-corrected chi connectivity index (χ1v) is 9.55. The van der Waals surface area contributed by atoms with Gasteiger partial charge in [-0.3, -0.25) is 24.2 Å². The second-order valence-electron chi connectivity index (χ2n) is 7.48. The van der Waals surface area contributed by atoms with E-state index in [9.17, 15) is 9.59 Å². The van der Waals surface area contributed by atoms with Gasteiger partial charge >= 0.3 is 0 Å². The lowest BCUT2D eigenvalue weighted by Crippen LogP contribution is -2.39. The van der Waals surface area contributed by atoms with Crippen LogP contribution in [0.2, 0.25) is 0 Å². The van der Waals surface area contributed by atoms with Gasteiger partial charge in [0, 0.05) is 33.4 Å². The van der Waals surface area contributed by atoms with Crippen LogP contribution in [0.15, 0.2) is 29.4 Å². The molecular weight excluding hydrogens is 471 g/mol. The molecule has 1 saturated carbocycles. The van der Waals surface area contributed by atoms with Crippen molar-refractivity contribution in [1.29, 1.82) is 0 Å². The van der Waals surface area contributed by atoms with Crippen molar-refractivity contribution in [3.05, 3.63) is 30.1 Å². The molecule has 1 aliphatic heterocycles. The number of halogens is 1. The van der Waals surface area contributed by atoms with Crippen molar-refractivity contribution in [2.75, 3.05) is 20.1 Å². The van der Waals surface area contributed by atoms with E-state index in [-0.39, 0.29) is 59.5 Å². The first kappa shape index (κ1) is 20.8. The Morgan fingerprint density at radius 3 is 2.46 bits per heavy atom. The number of carbonyl (C=O) groups is 2. The molecule has 2 bridgehead atoms. The van der Waals surface area contributed by atoms with E-state index in [1.54, 1.807) is 13.2 Å². The Labute approximate surface area is 181 Å². The number of aromatic nitrogens is 2. The maximum absolute atomic E-state index is 12.6. The van der Waals surface area contributed by atoms with Crippen LogP contribution in [0.25, 0.3) is 0 Å². The van der Waals surface area contributed by atoms with Crippen LogP contribution in [0.5, 0.6) is 0 Å². The van der Waals surface area contributed by atoms with Crippen LogP contribution in [0, 0.1) is 23.7 Å². The van der Waals surface area contributed by atoms with Crippen molar-refractivity contribution >= 4 is 41.8 Å². The molecule has 2 fully saturated rings. The summed E-state index contributed by atoms with van der Waals surface area (Å²) in [5.74, 6) is 1.09. The fourth-order valence-electron chi connectivity index (χ4n) is 4.60. The first-order valence-electron chi connectivity index (χ1n) is 9.55. The molecule has 1 aromatic heterocycles. The minimum Gasteiger partial charge on any atom is -0.356 e. The third-order valence-corrected chi connectivity index (χ3v) is 6.00. The van der Waals surface area contributed by atoms with Crippen LogP contribution in [0.4, 0.5) is 0 Å². The highest BCUT2D eigenvalue weighted by molar-refractivity contribution is 14.0. The second kappa shape index (κ2) is 8.62. The molecule has 4 unspecified atom stereocenters. The SMILES string of the molecule is CN=C(NCCCN1C(=O)C2C3C=CC(C3)C2C1=O)NCc1ccnn1C.I. The predicted molar refractivity (Wildman–Crippen MR) is 116 cm³/mol. The highest BCUT2D eigenvalue weighted by Gasteiger charge is 2.58. The number of amides is 2. The number of rotatable bonds is 6. The number of fused-ring (bicyclic) bond motifs is 5. The number of nitrogens with one attached hydrogen (secondary N) is 2. The molecule has 2 heterocycles. The second-order valence-corrected chi connectivity index (χ2v) is 7.48. The first-order chi connectivity index (χ1) is 13.1. The largest absolute Gasteiger partial charge is 0.356 e. The summed E-state index contributed by atoms with van der Waals surface area (Å²) in [5, 5.41) is 10.6. The Morgan fingerprint density at radius 2 is 1.89 bits per heavy atom. The minimum absolute atomic E-state index is 0. The number of guanidine groups is 1. The summed E-state index contributed by atoms with van der Waals surface area (Å²) >= 11 is 0. The number of nitrogens with zero attached hydrogens (tertiary/aromatic N) is 4. The van der Waals surface area contributed by atoms with E-state index >= 15 is 0 Å². The maximum Gasteiger partial charge on any atom is 0.233 e. The van der Waals surface area contributed by atoms with Gasteiger partial charge in [0.15, 0.2) is 5.96 Å². The van der Waals surface area contributed by atoms with Crippen molar-refractivity contribution < 1.29 is 9.59 Å². The fraction of sp³-hybridized carbons (Fsp3) is 0.579. The van der Waals surface area contributed by atoms with Crippen LogP contribution < -0.4 is 10.6 Å². The predicted octanol–water partition coefficient (Wildman–Crippen LogP) is 0.900. The molecule has 3 aliphatic rings. The summed E-state index contributed by atoms with van der Waals surface area (Å²) in [6, 6.07) is 1.95. The Bertz CT molecular complexity index is 774. The Hall–Kier alpha value is -1.91. The van der Waals surface area contributed by atoms with Crippen molar-refractivity contribution in [2.45, 2.75) is 19.4 Å². The van der Waals surface area contributed by atoms with Crippen LogP contribution in [-0.4, -0.2) is 52.6 Å².